The summed E-state index contributed by atoms with van der Waals surface area (Å²) in [4.78, 5) is 0. The number of hydrogen-bond acceptors (Lipinski definition) is 1. The topological polar surface area (TPSA) is 12.0 Å². The van der Waals surface area contributed by atoms with Crippen LogP contribution in [0.5, 0.6) is 0 Å². The molecule has 102 valence electrons. The standard InChI is InChI=1S/C14H12Cl2FN.ClH/c15-12-5-2-1-4-10(12)8-18-9-11-13(16)6-3-7-14(11)17;/h1-7,18H,8-9H2;1H/p-1. The van der Waals surface area contributed by atoms with Gasteiger partial charge in [-0.1, -0.05) is 47.5 Å². The van der Waals surface area contributed by atoms with Crippen LogP contribution in [0.25, 0.3) is 0 Å². The van der Waals surface area contributed by atoms with E-state index in [1.807, 2.05) is 24.3 Å². The fraction of sp³-hybridized carbons (Fsp3) is 0.143. The highest BCUT2D eigenvalue weighted by Crippen LogP contribution is 2.19. The Bertz CT molecular complexity index is 526. The first-order chi connectivity index (χ1) is 8.68. The molecule has 0 saturated heterocycles. The van der Waals surface area contributed by atoms with Crippen molar-refractivity contribution in [2.45, 2.75) is 13.1 Å². The lowest BCUT2D eigenvalue weighted by Crippen LogP contribution is -3.00. The summed E-state index contributed by atoms with van der Waals surface area (Å²) in [5.41, 5.74) is 1.46. The minimum absolute atomic E-state index is 0. The van der Waals surface area contributed by atoms with Gasteiger partial charge in [-0.05, 0) is 23.8 Å². The van der Waals surface area contributed by atoms with Gasteiger partial charge in [-0.3, -0.25) is 0 Å². The fourth-order valence-electron chi connectivity index (χ4n) is 1.67. The minimum Gasteiger partial charge on any atom is -1.00 e. The molecule has 0 aliphatic heterocycles. The monoisotopic (exact) mass is 318 g/mol. The third-order valence-corrected chi connectivity index (χ3v) is 3.36. The average molecular weight is 320 g/mol. The van der Waals surface area contributed by atoms with Gasteiger partial charge >= 0.3 is 0 Å². The number of nitrogens with one attached hydrogen (secondary N) is 1. The van der Waals surface area contributed by atoms with E-state index >= 15 is 0 Å². The van der Waals surface area contributed by atoms with Gasteiger partial charge in [0.25, 0.3) is 0 Å². The number of hydrogen-bond donors (Lipinski definition) is 1. The molecule has 2 rings (SSSR count). The fourth-order valence-corrected chi connectivity index (χ4v) is 2.10. The van der Waals surface area contributed by atoms with Crippen molar-refractivity contribution in [2.24, 2.45) is 0 Å². The van der Waals surface area contributed by atoms with E-state index in [9.17, 15) is 4.39 Å². The first-order valence-corrected chi connectivity index (χ1v) is 6.31. The lowest BCUT2D eigenvalue weighted by Gasteiger charge is -2.08. The molecule has 0 aromatic heterocycles. The maximum absolute atomic E-state index is 13.5. The van der Waals surface area contributed by atoms with Gasteiger partial charge in [0.2, 0.25) is 0 Å². The van der Waals surface area contributed by atoms with Crippen LogP contribution in [0.3, 0.4) is 0 Å². The van der Waals surface area contributed by atoms with Gasteiger partial charge in [-0.15, -0.1) is 0 Å². The zero-order chi connectivity index (χ0) is 13.0. The zero-order valence-electron chi connectivity index (χ0n) is 9.97. The molecule has 0 radical (unpaired) electrons. The molecule has 2 aromatic rings. The van der Waals surface area contributed by atoms with E-state index in [2.05, 4.69) is 5.32 Å². The Labute approximate surface area is 128 Å². The predicted molar refractivity (Wildman–Crippen MR) is 73.4 cm³/mol. The number of halogens is 4. The van der Waals surface area contributed by atoms with Crippen LogP contribution in [-0.2, 0) is 13.1 Å². The molecular weight excluding hydrogens is 308 g/mol. The second-order valence-corrected chi connectivity index (χ2v) is 4.71. The second-order valence-electron chi connectivity index (χ2n) is 3.90. The third kappa shape index (κ3) is 4.36. The lowest BCUT2D eigenvalue weighted by atomic mass is 10.2. The van der Waals surface area contributed by atoms with Gasteiger partial charge in [-0.2, -0.15) is 0 Å². The van der Waals surface area contributed by atoms with Crippen LogP contribution in [0.4, 0.5) is 4.39 Å². The zero-order valence-corrected chi connectivity index (χ0v) is 12.2. The molecule has 0 saturated carbocycles. The molecule has 0 atom stereocenters. The summed E-state index contributed by atoms with van der Waals surface area (Å²) in [6, 6.07) is 12.2. The smallest absolute Gasteiger partial charge is 0.129 e. The first-order valence-electron chi connectivity index (χ1n) is 5.55. The predicted octanol–water partition coefficient (Wildman–Crippen LogP) is 1.43. The molecule has 0 heterocycles. The van der Waals surface area contributed by atoms with Gasteiger partial charge < -0.3 is 17.7 Å². The molecule has 0 aliphatic rings. The summed E-state index contributed by atoms with van der Waals surface area (Å²) in [5, 5.41) is 4.26. The van der Waals surface area contributed by atoms with E-state index in [1.54, 1.807) is 12.1 Å². The van der Waals surface area contributed by atoms with E-state index in [0.29, 0.717) is 28.7 Å². The number of benzene rings is 2. The van der Waals surface area contributed by atoms with Crippen molar-refractivity contribution >= 4 is 23.2 Å². The number of rotatable bonds is 4. The van der Waals surface area contributed by atoms with E-state index in [-0.39, 0.29) is 18.2 Å². The van der Waals surface area contributed by atoms with Crippen molar-refractivity contribution in [1.82, 2.24) is 5.32 Å². The van der Waals surface area contributed by atoms with Gasteiger partial charge in [0.05, 0.1) is 0 Å². The molecule has 0 fully saturated rings. The molecule has 5 heteroatoms. The molecule has 0 bridgehead atoms. The maximum atomic E-state index is 13.5. The summed E-state index contributed by atoms with van der Waals surface area (Å²) in [6.45, 7) is 0.946. The van der Waals surface area contributed by atoms with Crippen LogP contribution in [0.2, 0.25) is 10.0 Å². The van der Waals surface area contributed by atoms with Crippen LogP contribution < -0.4 is 17.7 Å². The maximum Gasteiger partial charge on any atom is 0.129 e. The van der Waals surface area contributed by atoms with Crippen molar-refractivity contribution in [3.05, 3.63) is 69.5 Å². The average Bonchev–Trinajstić information content (AvgIpc) is 2.35. The van der Waals surface area contributed by atoms with Crippen LogP contribution in [0.15, 0.2) is 42.5 Å². The van der Waals surface area contributed by atoms with Crippen molar-refractivity contribution in [3.8, 4) is 0 Å². The SMILES string of the molecule is Fc1cccc(Cl)c1CNCc1ccccc1Cl.[Cl-]. The summed E-state index contributed by atoms with van der Waals surface area (Å²) in [5.74, 6) is -0.297. The molecule has 0 amide bonds. The summed E-state index contributed by atoms with van der Waals surface area (Å²) in [7, 11) is 0. The molecule has 19 heavy (non-hydrogen) atoms. The Morgan fingerprint density at radius 1 is 0.895 bits per heavy atom. The van der Waals surface area contributed by atoms with Gasteiger partial charge in [-0.25, -0.2) is 4.39 Å². The Hall–Kier alpha value is -0.800. The van der Waals surface area contributed by atoms with E-state index in [4.69, 9.17) is 23.2 Å². The Morgan fingerprint density at radius 3 is 2.26 bits per heavy atom. The quantitative estimate of drug-likeness (QED) is 0.899. The molecular formula is C14H12Cl3FN-. The second kappa shape index (κ2) is 7.71. The van der Waals surface area contributed by atoms with Gasteiger partial charge in [0, 0.05) is 28.7 Å². The lowest BCUT2D eigenvalue weighted by molar-refractivity contribution is -0.00000404. The first kappa shape index (κ1) is 16.3. The summed E-state index contributed by atoms with van der Waals surface area (Å²) < 4.78 is 13.5. The largest absolute Gasteiger partial charge is 1.00 e. The molecule has 1 nitrogen and oxygen atoms in total. The highest BCUT2D eigenvalue weighted by Gasteiger charge is 2.06. The van der Waals surface area contributed by atoms with E-state index in [1.165, 1.54) is 6.07 Å². The van der Waals surface area contributed by atoms with Crippen molar-refractivity contribution in [2.75, 3.05) is 0 Å². The summed E-state index contributed by atoms with van der Waals surface area (Å²) >= 11 is 12.0. The van der Waals surface area contributed by atoms with Crippen LogP contribution in [0.1, 0.15) is 11.1 Å². The Morgan fingerprint density at radius 2 is 1.58 bits per heavy atom. The van der Waals surface area contributed by atoms with Crippen molar-refractivity contribution in [1.29, 1.82) is 0 Å². The summed E-state index contributed by atoms with van der Waals surface area (Å²) in [6.07, 6.45) is 0. The minimum atomic E-state index is -0.297. The van der Waals surface area contributed by atoms with E-state index < -0.39 is 0 Å². The van der Waals surface area contributed by atoms with Crippen molar-refractivity contribution in [3.63, 3.8) is 0 Å². The van der Waals surface area contributed by atoms with Gasteiger partial charge in [0.1, 0.15) is 5.82 Å². The highest BCUT2D eigenvalue weighted by molar-refractivity contribution is 6.31. The highest BCUT2D eigenvalue weighted by atomic mass is 35.5. The molecule has 0 unspecified atom stereocenters. The molecule has 0 aliphatic carbocycles. The van der Waals surface area contributed by atoms with Crippen LogP contribution in [-0.4, -0.2) is 0 Å². The molecule has 0 spiro atoms. The van der Waals surface area contributed by atoms with Crippen molar-refractivity contribution < 1.29 is 16.8 Å². The normalized spacial score (nSPS) is 10.1. The Kier molecular flexibility index (Phi) is 6.59. The molecule has 2 aromatic carbocycles. The van der Waals surface area contributed by atoms with Crippen LogP contribution >= 0.6 is 23.2 Å². The van der Waals surface area contributed by atoms with Gasteiger partial charge in [0.15, 0.2) is 0 Å². The molecule has 1 N–H and O–H groups in total. The van der Waals surface area contributed by atoms with Crippen LogP contribution in [0, 0.1) is 5.82 Å². The Balaban J connectivity index is 0.00000180. The van der Waals surface area contributed by atoms with E-state index in [0.717, 1.165) is 5.56 Å². The third-order valence-electron chi connectivity index (χ3n) is 2.64.